The first-order valence-electron chi connectivity index (χ1n) is 13.1. The van der Waals surface area contributed by atoms with Crippen molar-refractivity contribution in [3.8, 4) is 0 Å². The van der Waals surface area contributed by atoms with E-state index in [0.29, 0.717) is 43.7 Å². The Labute approximate surface area is 225 Å². The fourth-order valence-corrected chi connectivity index (χ4v) is 6.58. The number of piperazine rings is 1. The molecule has 2 amide bonds. The third kappa shape index (κ3) is 5.31. The van der Waals surface area contributed by atoms with Crippen LogP contribution in [-0.4, -0.2) is 94.8 Å². The van der Waals surface area contributed by atoms with Gasteiger partial charge in [-0.2, -0.15) is 0 Å². The molecule has 2 aliphatic rings. The minimum absolute atomic E-state index is 0.0506. The Hall–Kier alpha value is -3.28. The molecule has 1 aliphatic heterocycles. The molecule has 38 heavy (non-hydrogen) atoms. The second-order valence-electron chi connectivity index (χ2n) is 10.1. The number of hydrogen-bond donors (Lipinski definition) is 3. The second kappa shape index (κ2) is 11.2. The van der Waals surface area contributed by atoms with Crippen LogP contribution >= 0.6 is 11.3 Å². The monoisotopic (exact) mass is 538 g/mol. The molecule has 0 radical (unpaired) electrons. The topological polar surface area (TPSA) is 122 Å². The number of nitrogens with one attached hydrogen (secondary N) is 1. The number of fused-ring (bicyclic) bond motifs is 1. The Balaban J connectivity index is 1.30. The first kappa shape index (κ1) is 26.3. The Morgan fingerprint density at radius 3 is 2.45 bits per heavy atom. The van der Waals surface area contributed by atoms with Crippen molar-refractivity contribution in [1.82, 2.24) is 19.8 Å². The Morgan fingerprint density at radius 2 is 1.82 bits per heavy atom. The minimum Gasteiger partial charge on any atom is -0.393 e. The summed E-state index contributed by atoms with van der Waals surface area (Å²) in [6.45, 7) is 1.62. The van der Waals surface area contributed by atoms with Crippen LogP contribution in [0.5, 0.6) is 0 Å². The summed E-state index contributed by atoms with van der Waals surface area (Å²) in [6, 6.07) is 5.93. The zero-order valence-electron chi connectivity index (χ0n) is 21.8. The van der Waals surface area contributed by atoms with E-state index in [2.05, 4.69) is 20.2 Å². The number of rotatable bonds is 7. The molecule has 1 saturated carbocycles. The maximum absolute atomic E-state index is 13.0. The molecule has 3 aromatic rings. The third-order valence-electron chi connectivity index (χ3n) is 7.40. The van der Waals surface area contributed by atoms with Crippen molar-refractivity contribution in [1.29, 1.82) is 0 Å². The van der Waals surface area contributed by atoms with E-state index < -0.39 is 18.6 Å². The third-order valence-corrected chi connectivity index (χ3v) is 8.54. The first-order valence-corrected chi connectivity index (χ1v) is 13.9. The smallest absolute Gasteiger partial charge is 0.263 e. The number of carbonyl (C=O) groups excluding carboxylic acids is 2. The van der Waals surface area contributed by atoms with Crippen molar-refractivity contribution in [2.75, 3.05) is 57.1 Å². The lowest BCUT2D eigenvalue weighted by molar-refractivity contribution is -0.142. The largest absolute Gasteiger partial charge is 0.393 e. The highest BCUT2D eigenvalue weighted by molar-refractivity contribution is 7.21. The lowest BCUT2D eigenvalue weighted by Gasteiger charge is -2.36. The minimum atomic E-state index is -1.36. The number of thiophene rings is 1. The van der Waals surface area contributed by atoms with Crippen LogP contribution in [0, 0.1) is 0 Å². The summed E-state index contributed by atoms with van der Waals surface area (Å²) in [5, 5.41) is 23.0. The normalized spacial score (nSPS) is 17.2. The number of pyridine rings is 2. The van der Waals surface area contributed by atoms with Crippen LogP contribution in [0.15, 0.2) is 30.6 Å². The van der Waals surface area contributed by atoms with Gasteiger partial charge in [-0.15, -0.1) is 11.3 Å². The number of carbonyl (C=O) groups is 2. The molecular weight excluding hydrogens is 504 g/mol. The molecule has 5 rings (SSSR count). The van der Waals surface area contributed by atoms with Crippen molar-refractivity contribution < 1.29 is 19.8 Å². The van der Waals surface area contributed by atoms with Crippen LogP contribution in [0.1, 0.15) is 46.8 Å². The van der Waals surface area contributed by atoms with Gasteiger partial charge < -0.3 is 30.2 Å². The molecule has 10 nitrogen and oxygen atoms in total. The average molecular weight is 539 g/mol. The maximum Gasteiger partial charge on any atom is 0.263 e. The van der Waals surface area contributed by atoms with E-state index >= 15 is 0 Å². The van der Waals surface area contributed by atoms with E-state index in [1.54, 1.807) is 30.1 Å². The van der Waals surface area contributed by atoms with Crippen molar-refractivity contribution in [3.63, 3.8) is 0 Å². The van der Waals surface area contributed by atoms with Crippen LogP contribution in [0.3, 0.4) is 0 Å². The maximum atomic E-state index is 13.0. The first-order chi connectivity index (χ1) is 18.4. The number of aliphatic hydroxyl groups is 2. The standard InChI is InChI=1S/C27H34N6O4S/c1-31(2)27(37)25-24(17-5-3-4-6-17)19-13-23(29-15-21(19)38-25)30-22-8-7-18(14-28-22)32-9-11-33(12-10-32)26(36)20(35)16-34/h7-8,13-15,17,20,34-35H,3-6,9-12,16H2,1-2H3,(H,28,29,30). The lowest BCUT2D eigenvalue weighted by atomic mass is 9.94. The molecule has 0 bridgehead atoms. The number of aromatic nitrogens is 2. The number of anilines is 3. The summed E-state index contributed by atoms with van der Waals surface area (Å²) in [5.41, 5.74) is 2.11. The molecule has 1 unspecified atom stereocenters. The molecule has 2 fully saturated rings. The number of aliphatic hydroxyl groups excluding tert-OH is 2. The van der Waals surface area contributed by atoms with Gasteiger partial charge in [0.15, 0.2) is 6.10 Å². The molecule has 3 N–H and O–H groups in total. The van der Waals surface area contributed by atoms with Gasteiger partial charge in [-0.3, -0.25) is 9.59 Å². The van der Waals surface area contributed by atoms with E-state index in [1.165, 1.54) is 29.7 Å². The SMILES string of the molecule is CN(C)C(=O)c1sc2cnc(Nc3ccc(N4CCN(C(=O)C(O)CO)CC4)cn3)cc2c1C1CCCC1. The molecular formula is C27H34N6O4S. The van der Waals surface area contributed by atoms with Gasteiger partial charge in [0.2, 0.25) is 0 Å². The summed E-state index contributed by atoms with van der Waals surface area (Å²) >= 11 is 1.53. The van der Waals surface area contributed by atoms with Gasteiger partial charge in [0, 0.05) is 51.9 Å². The van der Waals surface area contributed by atoms with Crippen LogP contribution in [0.25, 0.3) is 10.1 Å². The Kier molecular flexibility index (Phi) is 7.78. The highest BCUT2D eigenvalue weighted by atomic mass is 32.1. The highest BCUT2D eigenvalue weighted by Gasteiger charge is 2.29. The van der Waals surface area contributed by atoms with Gasteiger partial charge in [0.25, 0.3) is 11.8 Å². The number of hydrogen-bond acceptors (Lipinski definition) is 9. The van der Waals surface area contributed by atoms with Crippen molar-refractivity contribution in [2.45, 2.75) is 37.7 Å². The van der Waals surface area contributed by atoms with Gasteiger partial charge in [-0.05, 0) is 42.5 Å². The second-order valence-corrected chi connectivity index (χ2v) is 11.2. The highest BCUT2D eigenvalue weighted by Crippen LogP contribution is 2.44. The molecule has 202 valence electrons. The molecule has 0 spiro atoms. The van der Waals surface area contributed by atoms with Crippen molar-refractivity contribution in [3.05, 3.63) is 41.0 Å². The average Bonchev–Trinajstić information content (AvgIpc) is 3.60. The van der Waals surface area contributed by atoms with Gasteiger partial charge in [-0.1, -0.05) is 12.8 Å². The van der Waals surface area contributed by atoms with Crippen LogP contribution in [0.2, 0.25) is 0 Å². The van der Waals surface area contributed by atoms with E-state index in [0.717, 1.165) is 33.5 Å². The summed E-state index contributed by atoms with van der Waals surface area (Å²) in [7, 11) is 3.60. The van der Waals surface area contributed by atoms with E-state index in [-0.39, 0.29) is 5.91 Å². The lowest BCUT2D eigenvalue weighted by Crippen LogP contribution is -2.52. The summed E-state index contributed by atoms with van der Waals surface area (Å²) in [6.07, 6.45) is 6.89. The zero-order chi connectivity index (χ0) is 26.8. The van der Waals surface area contributed by atoms with Gasteiger partial charge >= 0.3 is 0 Å². The molecule has 0 aromatic carbocycles. The molecule has 1 aliphatic carbocycles. The zero-order valence-corrected chi connectivity index (χ0v) is 22.6. The molecule has 4 heterocycles. The molecule has 1 saturated heterocycles. The van der Waals surface area contributed by atoms with Gasteiger partial charge in [0.1, 0.15) is 11.6 Å². The van der Waals surface area contributed by atoms with Crippen LogP contribution < -0.4 is 10.2 Å². The predicted molar refractivity (Wildman–Crippen MR) is 148 cm³/mol. The quantitative estimate of drug-likeness (QED) is 0.420. The van der Waals surface area contributed by atoms with E-state index in [1.807, 2.05) is 24.4 Å². The summed E-state index contributed by atoms with van der Waals surface area (Å²) in [4.78, 5) is 40.4. The number of nitrogens with zero attached hydrogens (tertiary/aromatic N) is 5. The van der Waals surface area contributed by atoms with Crippen molar-refractivity contribution in [2.24, 2.45) is 0 Å². The molecule has 11 heteroatoms. The van der Waals surface area contributed by atoms with Gasteiger partial charge in [-0.25, -0.2) is 9.97 Å². The van der Waals surface area contributed by atoms with E-state index in [4.69, 9.17) is 5.11 Å². The fraction of sp³-hybridized carbons (Fsp3) is 0.481. The van der Waals surface area contributed by atoms with Crippen LogP contribution in [0.4, 0.5) is 17.3 Å². The Bertz CT molecular complexity index is 1300. The molecule has 1 atom stereocenters. The van der Waals surface area contributed by atoms with Crippen molar-refractivity contribution >= 4 is 50.6 Å². The Morgan fingerprint density at radius 1 is 1.11 bits per heavy atom. The number of amides is 2. The van der Waals surface area contributed by atoms with Gasteiger partial charge in [0.05, 0.1) is 28.1 Å². The molecule has 3 aromatic heterocycles. The fourth-order valence-electron chi connectivity index (χ4n) is 5.32. The predicted octanol–water partition coefficient (Wildman–Crippen LogP) is 2.80. The van der Waals surface area contributed by atoms with E-state index in [9.17, 15) is 14.7 Å². The summed E-state index contributed by atoms with van der Waals surface area (Å²) in [5.74, 6) is 1.37. The van der Waals surface area contributed by atoms with Crippen LogP contribution in [-0.2, 0) is 4.79 Å². The summed E-state index contributed by atoms with van der Waals surface area (Å²) < 4.78 is 1.02.